The van der Waals surface area contributed by atoms with Gasteiger partial charge in [-0.2, -0.15) is 0 Å². The van der Waals surface area contributed by atoms with Gasteiger partial charge >= 0.3 is 11.9 Å². The van der Waals surface area contributed by atoms with Crippen molar-refractivity contribution < 1.29 is 23.8 Å². The molecule has 0 unspecified atom stereocenters. The van der Waals surface area contributed by atoms with Gasteiger partial charge in [-0.25, -0.2) is 4.79 Å². The molecule has 2 rings (SSSR count). The van der Waals surface area contributed by atoms with E-state index in [-0.39, 0.29) is 6.42 Å². The molecule has 0 bridgehead atoms. The molecule has 0 saturated heterocycles. The summed E-state index contributed by atoms with van der Waals surface area (Å²) in [7, 11) is 2.79. The van der Waals surface area contributed by atoms with Crippen LogP contribution < -0.4 is 9.47 Å². The van der Waals surface area contributed by atoms with Crippen LogP contribution >= 0.6 is 15.9 Å². The molecule has 0 heterocycles. The molecule has 2 aromatic carbocycles. The summed E-state index contributed by atoms with van der Waals surface area (Å²) < 4.78 is 16.1. The number of halogens is 1. The van der Waals surface area contributed by atoms with Gasteiger partial charge in [0.15, 0.2) is 11.5 Å². The molecule has 0 aliphatic carbocycles. The Labute approximate surface area is 154 Å². The Morgan fingerprint density at radius 2 is 1.76 bits per heavy atom. The molecule has 0 aliphatic heterocycles. The summed E-state index contributed by atoms with van der Waals surface area (Å²) in [4.78, 5) is 23.2. The molecule has 5 nitrogen and oxygen atoms in total. The first kappa shape index (κ1) is 18.7. The van der Waals surface area contributed by atoms with Crippen molar-refractivity contribution in [2.24, 2.45) is 0 Å². The second-order valence-electron chi connectivity index (χ2n) is 5.04. The van der Waals surface area contributed by atoms with Crippen molar-refractivity contribution in [1.82, 2.24) is 0 Å². The van der Waals surface area contributed by atoms with Crippen molar-refractivity contribution in [3.8, 4) is 11.5 Å². The van der Waals surface area contributed by atoms with Crippen LogP contribution in [0.1, 0.15) is 11.1 Å². The predicted octanol–water partition coefficient (Wildman–Crippen LogP) is 3.79. The number of hydrogen-bond donors (Lipinski definition) is 0. The smallest absolute Gasteiger partial charge is 0.330 e. The second kappa shape index (κ2) is 9.03. The molecular weight excluding hydrogens is 388 g/mol. The predicted molar refractivity (Wildman–Crippen MR) is 97.5 cm³/mol. The molecule has 0 spiro atoms. The Morgan fingerprint density at radius 3 is 2.40 bits per heavy atom. The number of hydrogen-bond acceptors (Lipinski definition) is 5. The van der Waals surface area contributed by atoms with Gasteiger partial charge in [-0.3, -0.25) is 4.79 Å². The normalized spacial score (nSPS) is 10.5. The van der Waals surface area contributed by atoms with Crippen LogP contribution in [-0.2, 0) is 20.7 Å². The summed E-state index contributed by atoms with van der Waals surface area (Å²) >= 11 is 3.35. The molecule has 130 valence electrons. The molecule has 25 heavy (non-hydrogen) atoms. The average Bonchev–Trinajstić information content (AvgIpc) is 2.62. The van der Waals surface area contributed by atoms with Crippen LogP contribution in [0.15, 0.2) is 53.0 Å². The van der Waals surface area contributed by atoms with Gasteiger partial charge in [0, 0.05) is 10.5 Å². The molecule has 6 heteroatoms. The van der Waals surface area contributed by atoms with Gasteiger partial charge in [-0.1, -0.05) is 34.1 Å². The van der Waals surface area contributed by atoms with E-state index in [1.54, 1.807) is 24.3 Å². The van der Waals surface area contributed by atoms with Gasteiger partial charge in [0.25, 0.3) is 0 Å². The summed E-state index contributed by atoms with van der Waals surface area (Å²) in [5, 5.41) is 0. The molecular formula is C19H17BrO5. The maximum Gasteiger partial charge on any atom is 0.330 e. The number of methoxy groups -OCH3 is 2. The van der Waals surface area contributed by atoms with E-state index in [1.165, 1.54) is 20.3 Å². The van der Waals surface area contributed by atoms with E-state index in [2.05, 4.69) is 20.7 Å². The number of carbonyl (C=O) groups excluding carboxylic acids is 2. The highest BCUT2D eigenvalue weighted by Crippen LogP contribution is 2.29. The van der Waals surface area contributed by atoms with E-state index >= 15 is 0 Å². The van der Waals surface area contributed by atoms with Crippen LogP contribution in [0.5, 0.6) is 11.5 Å². The van der Waals surface area contributed by atoms with Crippen molar-refractivity contribution >= 4 is 33.9 Å². The van der Waals surface area contributed by atoms with Crippen LogP contribution in [0.3, 0.4) is 0 Å². The average molecular weight is 405 g/mol. The Balaban J connectivity index is 2.08. The lowest BCUT2D eigenvalue weighted by Crippen LogP contribution is -2.11. The van der Waals surface area contributed by atoms with Gasteiger partial charge in [-0.05, 0) is 41.5 Å². The SMILES string of the molecule is COC(=O)/C=C/c1ccc(OC(=O)Cc2ccc(Br)cc2)c(OC)c1. The molecule has 0 aliphatic rings. The van der Waals surface area contributed by atoms with Crippen molar-refractivity contribution in [2.75, 3.05) is 14.2 Å². The Kier molecular flexibility index (Phi) is 6.77. The third kappa shape index (κ3) is 5.76. The third-order valence-electron chi connectivity index (χ3n) is 3.29. The molecule has 0 fully saturated rings. The minimum Gasteiger partial charge on any atom is -0.493 e. The molecule has 0 amide bonds. The Hall–Kier alpha value is -2.60. The topological polar surface area (TPSA) is 61.8 Å². The lowest BCUT2D eigenvalue weighted by atomic mass is 10.1. The quantitative estimate of drug-likeness (QED) is 0.416. The molecule has 0 radical (unpaired) electrons. The van der Waals surface area contributed by atoms with Crippen LogP contribution in [-0.4, -0.2) is 26.2 Å². The second-order valence-corrected chi connectivity index (χ2v) is 5.96. The molecule has 0 N–H and O–H groups in total. The van der Waals surface area contributed by atoms with E-state index in [0.29, 0.717) is 11.5 Å². The molecule has 0 aromatic heterocycles. The number of carbonyl (C=O) groups is 2. The van der Waals surface area contributed by atoms with Gasteiger partial charge in [0.2, 0.25) is 0 Å². The van der Waals surface area contributed by atoms with Crippen molar-refractivity contribution in [2.45, 2.75) is 6.42 Å². The van der Waals surface area contributed by atoms with Gasteiger partial charge < -0.3 is 14.2 Å². The first-order valence-corrected chi connectivity index (χ1v) is 8.20. The summed E-state index contributed by atoms with van der Waals surface area (Å²) in [5.41, 5.74) is 1.57. The zero-order valence-electron chi connectivity index (χ0n) is 13.8. The number of ether oxygens (including phenoxy) is 3. The zero-order valence-corrected chi connectivity index (χ0v) is 15.4. The first-order chi connectivity index (χ1) is 12.0. The highest BCUT2D eigenvalue weighted by atomic mass is 79.9. The van der Waals surface area contributed by atoms with Crippen LogP contribution in [0, 0.1) is 0 Å². The minimum absolute atomic E-state index is 0.153. The first-order valence-electron chi connectivity index (χ1n) is 7.41. The van der Waals surface area contributed by atoms with Crippen LogP contribution in [0.25, 0.3) is 6.08 Å². The van der Waals surface area contributed by atoms with E-state index in [1.807, 2.05) is 24.3 Å². The van der Waals surface area contributed by atoms with Crippen LogP contribution in [0.2, 0.25) is 0 Å². The third-order valence-corrected chi connectivity index (χ3v) is 3.81. The number of rotatable bonds is 6. The maximum atomic E-state index is 12.1. The van der Waals surface area contributed by atoms with Crippen LogP contribution in [0.4, 0.5) is 0 Å². The van der Waals surface area contributed by atoms with Crippen molar-refractivity contribution in [1.29, 1.82) is 0 Å². The fourth-order valence-electron chi connectivity index (χ4n) is 2.03. The Bertz CT molecular complexity index is 781. The monoisotopic (exact) mass is 404 g/mol. The largest absolute Gasteiger partial charge is 0.493 e. The fraction of sp³-hybridized carbons (Fsp3) is 0.158. The maximum absolute atomic E-state index is 12.1. The minimum atomic E-state index is -0.455. The van der Waals surface area contributed by atoms with E-state index in [4.69, 9.17) is 9.47 Å². The molecule has 0 atom stereocenters. The van der Waals surface area contributed by atoms with Gasteiger partial charge in [-0.15, -0.1) is 0 Å². The van der Waals surface area contributed by atoms with E-state index in [9.17, 15) is 9.59 Å². The summed E-state index contributed by atoms with van der Waals surface area (Å²) in [6.45, 7) is 0. The van der Waals surface area contributed by atoms with Gasteiger partial charge in [0.05, 0.1) is 20.6 Å². The summed E-state index contributed by atoms with van der Waals surface area (Å²) in [6, 6.07) is 12.4. The lowest BCUT2D eigenvalue weighted by molar-refractivity contribution is -0.135. The van der Waals surface area contributed by atoms with Crippen molar-refractivity contribution in [3.63, 3.8) is 0 Å². The standard InChI is InChI=1S/C19H17BrO5/c1-23-17-11-13(6-10-18(21)24-2)5-9-16(17)25-19(22)12-14-3-7-15(20)8-4-14/h3-11H,12H2,1-2H3/b10-6+. The number of esters is 2. The number of benzene rings is 2. The fourth-order valence-corrected chi connectivity index (χ4v) is 2.30. The van der Waals surface area contributed by atoms with E-state index in [0.717, 1.165) is 15.6 Å². The summed E-state index contributed by atoms with van der Waals surface area (Å²) in [5.74, 6) is -0.126. The summed E-state index contributed by atoms with van der Waals surface area (Å²) in [6.07, 6.45) is 3.04. The van der Waals surface area contributed by atoms with Gasteiger partial charge in [0.1, 0.15) is 0 Å². The van der Waals surface area contributed by atoms with E-state index < -0.39 is 11.9 Å². The molecule has 2 aromatic rings. The highest BCUT2D eigenvalue weighted by molar-refractivity contribution is 9.10. The lowest BCUT2D eigenvalue weighted by Gasteiger charge is -2.10. The molecule has 0 saturated carbocycles. The van der Waals surface area contributed by atoms with Crippen molar-refractivity contribution in [3.05, 3.63) is 64.1 Å². The zero-order chi connectivity index (χ0) is 18.2. The Morgan fingerprint density at radius 1 is 1.04 bits per heavy atom. The highest BCUT2D eigenvalue weighted by Gasteiger charge is 2.11.